The molecule has 0 aliphatic heterocycles. The van der Waals surface area contributed by atoms with Crippen LogP contribution >= 0.6 is 0 Å². The molecule has 0 amide bonds. The maximum Gasteiger partial charge on any atom is 0.340 e. The number of carbonyl (C=O) groups is 1. The number of carbonyl (C=O) groups excluding carboxylic acids is 1. The molecular formula is C11H13N3O2. The second-order valence-corrected chi connectivity index (χ2v) is 3.49. The quantitative estimate of drug-likeness (QED) is 0.611. The van der Waals surface area contributed by atoms with Crippen LogP contribution in [-0.2, 0) is 11.8 Å². The molecule has 5 heteroatoms. The van der Waals surface area contributed by atoms with Crippen LogP contribution in [0.4, 0.5) is 5.69 Å². The first-order valence-electron chi connectivity index (χ1n) is 5.02. The van der Waals surface area contributed by atoms with E-state index in [-0.39, 0.29) is 0 Å². The third-order valence-electron chi connectivity index (χ3n) is 2.41. The van der Waals surface area contributed by atoms with E-state index in [4.69, 9.17) is 10.5 Å². The fourth-order valence-electron chi connectivity index (χ4n) is 1.60. The number of nitrogen functional groups attached to an aromatic ring is 1. The number of rotatable bonds is 2. The summed E-state index contributed by atoms with van der Waals surface area (Å²) in [6, 6.07) is 3.43. The number of aryl methyl sites for hydroxylation is 1. The molecule has 0 saturated heterocycles. The van der Waals surface area contributed by atoms with Crippen molar-refractivity contribution in [2.75, 3.05) is 12.3 Å². The fourth-order valence-corrected chi connectivity index (χ4v) is 1.60. The molecule has 2 aromatic rings. The highest BCUT2D eigenvalue weighted by Crippen LogP contribution is 2.22. The highest BCUT2D eigenvalue weighted by atomic mass is 16.5. The minimum atomic E-state index is -0.397. The third kappa shape index (κ3) is 1.60. The van der Waals surface area contributed by atoms with Crippen molar-refractivity contribution >= 4 is 22.6 Å². The summed E-state index contributed by atoms with van der Waals surface area (Å²) in [7, 11) is 1.83. The van der Waals surface area contributed by atoms with Gasteiger partial charge in [-0.25, -0.2) is 4.79 Å². The zero-order valence-electron chi connectivity index (χ0n) is 9.23. The molecule has 84 valence electrons. The second kappa shape index (κ2) is 3.84. The summed E-state index contributed by atoms with van der Waals surface area (Å²) in [5.74, 6) is -0.397. The Hall–Kier alpha value is -2.04. The van der Waals surface area contributed by atoms with Gasteiger partial charge in [-0.2, -0.15) is 5.10 Å². The Morgan fingerprint density at radius 1 is 1.56 bits per heavy atom. The van der Waals surface area contributed by atoms with Crippen LogP contribution in [0.25, 0.3) is 10.9 Å². The minimum Gasteiger partial charge on any atom is -0.462 e. The average Bonchev–Trinajstić information content (AvgIpc) is 2.59. The van der Waals surface area contributed by atoms with Crippen LogP contribution in [0.3, 0.4) is 0 Å². The first-order chi connectivity index (χ1) is 7.63. The van der Waals surface area contributed by atoms with Gasteiger partial charge in [-0.3, -0.25) is 4.68 Å². The lowest BCUT2D eigenvalue weighted by Gasteiger charge is -2.05. The van der Waals surface area contributed by atoms with E-state index in [0.29, 0.717) is 17.9 Å². The van der Waals surface area contributed by atoms with Gasteiger partial charge >= 0.3 is 5.97 Å². The molecule has 0 aliphatic rings. The Morgan fingerprint density at radius 2 is 2.31 bits per heavy atom. The first-order valence-corrected chi connectivity index (χ1v) is 5.02. The Labute approximate surface area is 92.8 Å². The first kappa shape index (κ1) is 10.5. The molecule has 0 atom stereocenters. The summed E-state index contributed by atoms with van der Waals surface area (Å²) in [4.78, 5) is 11.6. The van der Waals surface area contributed by atoms with E-state index in [1.165, 1.54) is 0 Å². The molecule has 0 aliphatic carbocycles. The van der Waals surface area contributed by atoms with Gasteiger partial charge < -0.3 is 10.5 Å². The van der Waals surface area contributed by atoms with Crippen molar-refractivity contribution in [3.63, 3.8) is 0 Å². The van der Waals surface area contributed by atoms with Gasteiger partial charge in [-0.05, 0) is 19.1 Å². The fraction of sp³-hybridized carbons (Fsp3) is 0.273. The minimum absolute atomic E-state index is 0.337. The van der Waals surface area contributed by atoms with Crippen molar-refractivity contribution in [3.05, 3.63) is 23.9 Å². The number of hydrogen-bond donors (Lipinski definition) is 1. The maximum atomic E-state index is 11.6. The lowest BCUT2D eigenvalue weighted by molar-refractivity contribution is 0.0528. The third-order valence-corrected chi connectivity index (χ3v) is 2.41. The van der Waals surface area contributed by atoms with Crippen molar-refractivity contribution in [3.8, 4) is 0 Å². The Kier molecular flexibility index (Phi) is 2.52. The highest BCUT2D eigenvalue weighted by molar-refractivity contribution is 6.00. The van der Waals surface area contributed by atoms with E-state index in [1.54, 1.807) is 29.9 Å². The largest absolute Gasteiger partial charge is 0.462 e. The van der Waals surface area contributed by atoms with Gasteiger partial charge in [0, 0.05) is 18.1 Å². The molecule has 0 unspecified atom stereocenters. The van der Waals surface area contributed by atoms with E-state index in [9.17, 15) is 4.79 Å². The molecule has 0 saturated carbocycles. The van der Waals surface area contributed by atoms with Gasteiger partial charge in [0.15, 0.2) is 0 Å². The van der Waals surface area contributed by atoms with Crippen molar-refractivity contribution in [2.24, 2.45) is 7.05 Å². The van der Waals surface area contributed by atoms with E-state index >= 15 is 0 Å². The number of benzene rings is 1. The number of ether oxygens (including phenoxy) is 1. The van der Waals surface area contributed by atoms with Gasteiger partial charge in [-0.15, -0.1) is 0 Å². The van der Waals surface area contributed by atoms with Crippen molar-refractivity contribution in [2.45, 2.75) is 6.92 Å². The zero-order valence-corrected chi connectivity index (χ0v) is 9.23. The lowest BCUT2D eigenvalue weighted by Crippen LogP contribution is -2.08. The highest BCUT2D eigenvalue weighted by Gasteiger charge is 2.13. The molecule has 2 N–H and O–H groups in total. The summed E-state index contributed by atoms with van der Waals surface area (Å²) >= 11 is 0. The summed E-state index contributed by atoms with van der Waals surface area (Å²) in [5.41, 5.74) is 7.50. The maximum absolute atomic E-state index is 11.6. The predicted octanol–water partition coefficient (Wildman–Crippen LogP) is 1.33. The SMILES string of the molecule is CCOC(=O)c1cc2cnn(C)c2cc1N. The van der Waals surface area contributed by atoms with Crippen molar-refractivity contribution in [1.29, 1.82) is 0 Å². The number of anilines is 1. The molecule has 2 rings (SSSR count). The van der Waals surface area contributed by atoms with Crippen LogP contribution in [-0.4, -0.2) is 22.4 Å². The van der Waals surface area contributed by atoms with Gasteiger partial charge in [0.2, 0.25) is 0 Å². The van der Waals surface area contributed by atoms with E-state index in [0.717, 1.165) is 10.9 Å². The molecule has 5 nitrogen and oxygen atoms in total. The number of nitrogens with two attached hydrogens (primary N) is 1. The number of esters is 1. The molecule has 1 aromatic carbocycles. The Morgan fingerprint density at radius 3 is 3.00 bits per heavy atom. The second-order valence-electron chi connectivity index (χ2n) is 3.49. The van der Waals surface area contributed by atoms with Crippen molar-refractivity contribution in [1.82, 2.24) is 9.78 Å². The topological polar surface area (TPSA) is 70.1 Å². The van der Waals surface area contributed by atoms with Crippen LogP contribution in [0, 0.1) is 0 Å². The van der Waals surface area contributed by atoms with Crippen LogP contribution in [0.5, 0.6) is 0 Å². The molecule has 0 spiro atoms. The van der Waals surface area contributed by atoms with E-state index in [2.05, 4.69) is 5.10 Å². The zero-order chi connectivity index (χ0) is 11.7. The summed E-state index contributed by atoms with van der Waals surface area (Å²) in [5, 5.41) is 4.97. The van der Waals surface area contributed by atoms with Crippen LogP contribution < -0.4 is 5.73 Å². The lowest BCUT2D eigenvalue weighted by atomic mass is 10.1. The number of fused-ring (bicyclic) bond motifs is 1. The van der Waals surface area contributed by atoms with Gasteiger partial charge in [-0.1, -0.05) is 0 Å². The number of aromatic nitrogens is 2. The molecular weight excluding hydrogens is 206 g/mol. The molecule has 16 heavy (non-hydrogen) atoms. The van der Waals surface area contributed by atoms with E-state index < -0.39 is 5.97 Å². The molecule has 0 radical (unpaired) electrons. The average molecular weight is 219 g/mol. The molecule has 1 heterocycles. The van der Waals surface area contributed by atoms with E-state index in [1.807, 2.05) is 7.05 Å². The van der Waals surface area contributed by atoms with Gasteiger partial charge in [0.1, 0.15) is 0 Å². The van der Waals surface area contributed by atoms with Crippen LogP contribution in [0.1, 0.15) is 17.3 Å². The van der Waals surface area contributed by atoms with Crippen molar-refractivity contribution < 1.29 is 9.53 Å². The normalized spacial score (nSPS) is 10.6. The van der Waals surface area contributed by atoms with Crippen LogP contribution in [0.2, 0.25) is 0 Å². The molecule has 0 fully saturated rings. The summed E-state index contributed by atoms with van der Waals surface area (Å²) in [6.45, 7) is 2.10. The molecule has 1 aromatic heterocycles. The summed E-state index contributed by atoms with van der Waals surface area (Å²) in [6.07, 6.45) is 1.69. The monoisotopic (exact) mass is 219 g/mol. The molecule has 0 bridgehead atoms. The number of nitrogens with zero attached hydrogens (tertiary/aromatic N) is 2. The number of hydrogen-bond acceptors (Lipinski definition) is 4. The summed E-state index contributed by atoms with van der Waals surface area (Å²) < 4.78 is 6.63. The Balaban J connectivity index is 2.54. The predicted molar refractivity (Wildman–Crippen MR) is 61.1 cm³/mol. The van der Waals surface area contributed by atoms with Crippen LogP contribution in [0.15, 0.2) is 18.3 Å². The van der Waals surface area contributed by atoms with Gasteiger partial charge in [0.05, 0.1) is 23.9 Å². The van der Waals surface area contributed by atoms with Gasteiger partial charge in [0.25, 0.3) is 0 Å². The smallest absolute Gasteiger partial charge is 0.340 e. The standard InChI is InChI=1S/C11H13N3O2/c1-3-16-11(15)8-4-7-6-13-14(2)10(7)5-9(8)12/h4-6H,3,12H2,1-2H3. The Bertz CT molecular complexity index is 545.